The number of carbonyl (C=O) groups excluding carboxylic acids is 1. The molecule has 7 heteroatoms. The van der Waals surface area contributed by atoms with Crippen molar-refractivity contribution in [3.05, 3.63) is 87.6 Å². The summed E-state index contributed by atoms with van der Waals surface area (Å²) in [5.41, 5.74) is 3.03. The zero-order valence-electron chi connectivity index (χ0n) is 17.6. The lowest BCUT2D eigenvalue weighted by atomic mass is 10.1. The second-order valence-corrected chi connectivity index (χ2v) is 7.89. The molecular formula is C24H28N4O3. The predicted molar refractivity (Wildman–Crippen MR) is 117 cm³/mol. The number of ether oxygens (including phenoxy) is 1. The van der Waals surface area contributed by atoms with E-state index in [0.29, 0.717) is 26.3 Å². The van der Waals surface area contributed by atoms with Crippen LogP contribution in [0.5, 0.6) is 0 Å². The van der Waals surface area contributed by atoms with Gasteiger partial charge in [-0.05, 0) is 29.5 Å². The highest BCUT2D eigenvalue weighted by Gasteiger charge is 2.17. The van der Waals surface area contributed by atoms with Gasteiger partial charge in [0, 0.05) is 19.5 Å². The Hall–Kier alpha value is -3.19. The normalized spacial score (nSPS) is 13.4. The minimum Gasteiger partial charge on any atom is -0.372 e. The lowest BCUT2D eigenvalue weighted by Gasteiger charge is -2.08. The van der Waals surface area contributed by atoms with Crippen molar-refractivity contribution < 1.29 is 9.53 Å². The number of nitrogens with one attached hydrogen (secondary N) is 1. The molecule has 0 aliphatic carbocycles. The number of aryl methyl sites for hydroxylation is 1. The van der Waals surface area contributed by atoms with Crippen molar-refractivity contribution in [2.24, 2.45) is 0 Å². The monoisotopic (exact) mass is 420 g/mol. The van der Waals surface area contributed by atoms with Gasteiger partial charge in [-0.15, -0.1) is 0 Å². The van der Waals surface area contributed by atoms with Crippen molar-refractivity contribution >= 4 is 5.91 Å². The van der Waals surface area contributed by atoms with E-state index < -0.39 is 0 Å². The number of hydrogen-bond donors (Lipinski definition) is 1. The van der Waals surface area contributed by atoms with Crippen molar-refractivity contribution in [1.82, 2.24) is 19.7 Å². The Morgan fingerprint density at radius 2 is 1.65 bits per heavy atom. The highest BCUT2D eigenvalue weighted by molar-refractivity contribution is 5.75. The first-order valence-electron chi connectivity index (χ1n) is 10.8. The second-order valence-electron chi connectivity index (χ2n) is 7.89. The molecule has 1 aromatic heterocycles. The summed E-state index contributed by atoms with van der Waals surface area (Å²) in [6, 6.07) is 18.0. The highest BCUT2D eigenvalue weighted by Crippen LogP contribution is 2.10. The summed E-state index contributed by atoms with van der Waals surface area (Å²) in [7, 11) is 0. The Morgan fingerprint density at radius 3 is 2.42 bits per heavy atom. The number of hydrogen-bond acceptors (Lipinski definition) is 4. The number of rotatable bonds is 8. The smallest absolute Gasteiger partial charge is 0.346 e. The van der Waals surface area contributed by atoms with E-state index in [2.05, 4.69) is 10.4 Å². The molecule has 0 atom stereocenters. The molecule has 0 saturated carbocycles. The van der Waals surface area contributed by atoms with Crippen LogP contribution in [-0.2, 0) is 48.8 Å². The molecule has 7 nitrogen and oxygen atoms in total. The van der Waals surface area contributed by atoms with Crippen LogP contribution in [0.15, 0.2) is 59.4 Å². The molecule has 1 aliphatic rings. The fourth-order valence-corrected chi connectivity index (χ4v) is 3.74. The molecule has 162 valence electrons. The van der Waals surface area contributed by atoms with Crippen LogP contribution >= 0.6 is 0 Å². The van der Waals surface area contributed by atoms with Gasteiger partial charge in [0.25, 0.3) is 0 Å². The van der Waals surface area contributed by atoms with Gasteiger partial charge < -0.3 is 10.1 Å². The molecule has 0 radical (unpaired) electrons. The molecule has 2 heterocycles. The molecule has 0 spiro atoms. The first-order chi connectivity index (χ1) is 15.2. The van der Waals surface area contributed by atoms with Gasteiger partial charge in [-0.3, -0.25) is 9.36 Å². The van der Waals surface area contributed by atoms with E-state index in [9.17, 15) is 9.59 Å². The van der Waals surface area contributed by atoms with Crippen LogP contribution < -0.4 is 11.0 Å². The molecule has 31 heavy (non-hydrogen) atoms. The average molecular weight is 421 g/mol. The Kier molecular flexibility index (Phi) is 6.94. The van der Waals surface area contributed by atoms with Crippen LogP contribution in [0.4, 0.5) is 0 Å². The van der Waals surface area contributed by atoms with Crippen molar-refractivity contribution in [2.45, 2.75) is 58.5 Å². The number of amides is 1. The number of nitrogens with zero attached hydrogens (tertiary/aromatic N) is 3. The van der Waals surface area contributed by atoms with Gasteiger partial charge in [0.1, 0.15) is 12.4 Å². The maximum atomic E-state index is 12.5. The molecule has 0 saturated heterocycles. The number of benzene rings is 2. The van der Waals surface area contributed by atoms with Gasteiger partial charge in [0.2, 0.25) is 5.91 Å². The van der Waals surface area contributed by atoms with Crippen LogP contribution in [0.1, 0.15) is 41.8 Å². The zero-order valence-corrected chi connectivity index (χ0v) is 17.6. The maximum Gasteiger partial charge on any atom is 0.346 e. The van der Waals surface area contributed by atoms with Crippen LogP contribution in [-0.4, -0.2) is 20.3 Å². The van der Waals surface area contributed by atoms with Gasteiger partial charge in [-0.2, -0.15) is 5.10 Å². The first-order valence-corrected chi connectivity index (χ1v) is 10.8. The third-order valence-electron chi connectivity index (χ3n) is 5.47. The Labute approximate surface area is 181 Å². The van der Waals surface area contributed by atoms with Crippen molar-refractivity contribution in [3.8, 4) is 0 Å². The van der Waals surface area contributed by atoms with E-state index in [1.54, 1.807) is 4.57 Å². The fraction of sp³-hybridized carbons (Fsp3) is 0.375. The van der Waals surface area contributed by atoms with Crippen molar-refractivity contribution in [1.29, 1.82) is 0 Å². The summed E-state index contributed by atoms with van der Waals surface area (Å²) < 4.78 is 8.74. The highest BCUT2D eigenvalue weighted by atomic mass is 16.5. The minimum absolute atomic E-state index is 0.0513. The van der Waals surface area contributed by atoms with Gasteiger partial charge in [-0.25, -0.2) is 9.48 Å². The van der Waals surface area contributed by atoms with Crippen LogP contribution in [0.3, 0.4) is 0 Å². The molecule has 4 rings (SSSR count). The van der Waals surface area contributed by atoms with E-state index in [1.165, 1.54) is 4.68 Å². The predicted octanol–water partition coefficient (Wildman–Crippen LogP) is 2.80. The standard InChI is InChI=1S/C24H28N4O3/c29-23(16-28-24(30)27-14-6-2-5-9-22(27)26-28)25-15-19-10-12-21(13-11-19)18-31-17-20-7-3-1-4-8-20/h1,3-4,7-8,10-13H,2,5-6,9,14-18H2,(H,25,29). The molecular weight excluding hydrogens is 392 g/mol. The summed E-state index contributed by atoms with van der Waals surface area (Å²) in [5.74, 6) is 0.575. The zero-order chi connectivity index (χ0) is 21.5. The van der Waals surface area contributed by atoms with E-state index in [-0.39, 0.29) is 18.1 Å². The van der Waals surface area contributed by atoms with Crippen molar-refractivity contribution in [2.75, 3.05) is 0 Å². The maximum absolute atomic E-state index is 12.5. The van der Waals surface area contributed by atoms with Gasteiger partial charge in [-0.1, -0.05) is 61.0 Å². The second kappa shape index (κ2) is 10.2. The van der Waals surface area contributed by atoms with Crippen LogP contribution in [0.25, 0.3) is 0 Å². The fourth-order valence-electron chi connectivity index (χ4n) is 3.74. The summed E-state index contributed by atoms with van der Waals surface area (Å²) >= 11 is 0. The Balaban J connectivity index is 1.24. The molecule has 0 unspecified atom stereocenters. The van der Waals surface area contributed by atoms with E-state index >= 15 is 0 Å². The molecule has 1 aliphatic heterocycles. The van der Waals surface area contributed by atoms with E-state index in [4.69, 9.17) is 4.74 Å². The Bertz CT molecular complexity index is 1050. The lowest BCUT2D eigenvalue weighted by Crippen LogP contribution is -2.33. The lowest BCUT2D eigenvalue weighted by molar-refractivity contribution is -0.122. The van der Waals surface area contributed by atoms with Gasteiger partial charge in [0.15, 0.2) is 0 Å². The largest absolute Gasteiger partial charge is 0.372 e. The molecule has 1 amide bonds. The first kappa shape index (κ1) is 21.1. The van der Waals surface area contributed by atoms with E-state index in [1.807, 2.05) is 54.6 Å². The summed E-state index contributed by atoms with van der Waals surface area (Å²) in [4.78, 5) is 24.8. The quantitative estimate of drug-likeness (QED) is 0.608. The van der Waals surface area contributed by atoms with Crippen molar-refractivity contribution in [3.63, 3.8) is 0 Å². The summed E-state index contributed by atoms with van der Waals surface area (Å²) in [6.07, 6.45) is 3.93. The van der Waals surface area contributed by atoms with Crippen LogP contribution in [0.2, 0.25) is 0 Å². The summed E-state index contributed by atoms with van der Waals surface area (Å²) in [5, 5.41) is 7.23. The van der Waals surface area contributed by atoms with Gasteiger partial charge in [0.05, 0.1) is 13.2 Å². The molecule has 1 N–H and O–H groups in total. The number of fused-ring (bicyclic) bond motifs is 1. The Morgan fingerprint density at radius 1 is 0.935 bits per heavy atom. The topological polar surface area (TPSA) is 78.2 Å². The molecule has 0 bridgehead atoms. The SMILES string of the molecule is O=C(Cn1nc2n(c1=O)CCCCC2)NCc1ccc(COCc2ccccc2)cc1. The third-order valence-corrected chi connectivity index (χ3v) is 5.47. The molecule has 3 aromatic rings. The third kappa shape index (κ3) is 5.70. The number of carbonyl (C=O) groups is 1. The summed E-state index contributed by atoms with van der Waals surface area (Å²) in [6.45, 7) is 2.17. The molecule has 2 aromatic carbocycles. The average Bonchev–Trinajstić information content (AvgIpc) is 2.94. The minimum atomic E-state index is -0.217. The van der Waals surface area contributed by atoms with E-state index in [0.717, 1.165) is 48.2 Å². The van der Waals surface area contributed by atoms with Gasteiger partial charge >= 0.3 is 5.69 Å². The van der Waals surface area contributed by atoms with Crippen LogP contribution in [0, 0.1) is 0 Å². The molecule has 0 fully saturated rings. The number of aromatic nitrogens is 3.